The minimum atomic E-state index is 0.0690. The van der Waals surface area contributed by atoms with E-state index in [0.717, 1.165) is 26.2 Å². The van der Waals surface area contributed by atoms with Crippen molar-refractivity contribution in [3.05, 3.63) is 0 Å². The molecule has 0 spiro atoms. The number of thiol groups is 1. The van der Waals surface area contributed by atoms with E-state index in [1.165, 1.54) is 0 Å². The molecule has 0 aromatic carbocycles. The van der Waals surface area contributed by atoms with Gasteiger partial charge in [-0.3, -0.25) is 10.2 Å². The zero-order valence-electron chi connectivity index (χ0n) is 7.99. The van der Waals surface area contributed by atoms with Crippen LogP contribution in [0.1, 0.15) is 6.42 Å². The Morgan fingerprint density at radius 3 is 2.54 bits per heavy atom. The second-order valence-corrected chi connectivity index (χ2v) is 3.75. The molecule has 0 aromatic rings. The topological polar surface area (TPSA) is 35.6 Å². The fourth-order valence-electron chi connectivity index (χ4n) is 1.25. The highest BCUT2D eigenvalue weighted by Crippen LogP contribution is 1.96. The smallest absolute Gasteiger partial charge is 0.235 e. The Hall–Kier alpha value is -0.260. The van der Waals surface area contributed by atoms with Gasteiger partial charge in [0.25, 0.3) is 0 Å². The van der Waals surface area contributed by atoms with Gasteiger partial charge < -0.3 is 4.90 Å². The number of hydrazine groups is 1. The molecule has 0 aromatic heterocycles. The third-order valence-electron chi connectivity index (χ3n) is 2.12. The predicted octanol–water partition coefficient (Wildman–Crippen LogP) is -0.415. The molecule has 4 nitrogen and oxygen atoms in total. The van der Waals surface area contributed by atoms with E-state index in [1.54, 1.807) is 0 Å². The van der Waals surface area contributed by atoms with Crippen molar-refractivity contribution in [2.24, 2.45) is 0 Å². The molecule has 5 heteroatoms. The quantitative estimate of drug-likeness (QED) is 0.612. The number of rotatable bonds is 3. The molecular weight excluding hydrogens is 186 g/mol. The van der Waals surface area contributed by atoms with Crippen molar-refractivity contribution in [3.63, 3.8) is 0 Å². The van der Waals surface area contributed by atoms with Gasteiger partial charge in [0.05, 0.1) is 0 Å². The van der Waals surface area contributed by atoms with E-state index in [-0.39, 0.29) is 5.91 Å². The number of amides is 1. The van der Waals surface area contributed by atoms with Crippen LogP contribution >= 0.6 is 12.6 Å². The van der Waals surface area contributed by atoms with Crippen LogP contribution in [0.3, 0.4) is 0 Å². The van der Waals surface area contributed by atoms with Crippen LogP contribution in [0.15, 0.2) is 0 Å². The van der Waals surface area contributed by atoms with Gasteiger partial charge in [-0.05, 0) is 12.8 Å². The largest absolute Gasteiger partial charge is 0.304 e. The molecule has 1 rings (SSSR count). The van der Waals surface area contributed by atoms with E-state index >= 15 is 0 Å². The Kier molecular flexibility index (Phi) is 4.55. The van der Waals surface area contributed by atoms with Crippen LogP contribution in [0.4, 0.5) is 0 Å². The van der Waals surface area contributed by atoms with E-state index in [0.29, 0.717) is 12.2 Å². The SMILES string of the molecule is CN1CCN(NC(=O)CCS)CC1. The molecule has 0 atom stereocenters. The number of nitrogens with one attached hydrogen (secondary N) is 1. The second kappa shape index (κ2) is 5.47. The molecule has 0 aliphatic carbocycles. The maximum Gasteiger partial charge on any atom is 0.235 e. The standard InChI is InChI=1S/C8H17N3OS/c1-10-3-5-11(6-4-10)9-8(12)2-7-13/h13H,2-7H2,1H3,(H,9,12). The predicted molar refractivity (Wildman–Crippen MR) is 55.7 cm³/mol. The normalized spacial score (nSPS) is 20.2. The Labute approximate surface area is 84.6 Å². The average Bonchev–Trinajstić information content (AvgIpc) is 2.09. The Morgan fingerprint density at radius 2 is 2.00 bits per heavy atom. The maximum atomic E-state index is 11.2. The van der Waals surface area contributed by atoms with Crippen molar-refractivity contribution < 1.29 is 4.79 Å². The Morgan fingerprint density at radius 1 is 1.38 bits per heavy atom. The fraction of sp³-hybridized carbons (Fsp3) is 0.875. The monoisotopic (exact) mass is 203 g/mol. The minimum Gasteiger partial charge on any atom is -0.304 e. The lowest BCUT2D eigenvalue weighted by Crippen LogP contribution is -2.52. The van der Waals surface area contributed by atoms with Crippen molar-refractivity contribution in [2.45, 2.75) is 6.42 Å². The first-order valence-corrected chi connectivity index (χ1v) is 5.19. The highest BCUT2D eigenvalue weighted by molar-refractivity contribution is 7.80. The van der Waals surface area contributed by atoms with E-state index in [4.69, 9.17) is 0 Å². The maximum absolute atomic E-state index is 11.2. The van der Waals surface area contributed by atoms with Gasteiger partial charge in [-0.1, -0.05) is 0 Å². The van der Waals surface area contributed by atoms with E-state index < -0.39 is 0 Å². The summed E-state index contributed by atoms with van der Waals surface area (Å²) < 4.78 is 0. The summed E-state index contributed by atoms with van der Waals surface area (Å²) >= 11 is 4.00. The van der Waals surface area contributed by atoms with E-state index in [9.17, 15) is 4.79 Å². The molecule has 76 valence electrons. The fourth-order valence-corrected chi connectivity index (χ4v) is 1.46. The molecular formula is C8H17N3OS. The first kappa shape index (κ1) is 10.8. The van der Waals surface area contributed by atoms with Gasteiger partial charge in [0, 0.05) is 32.6 Å². The summed E-state index contributed by atoms with van der Waals surface area (Å²) in [6.45, 7) is 3.85. The average molecular weight is 203 g/mol. The first-order chi connectivity index (χ1) is 6.22. The highest BCUT2D eigenvalue weighted by Gasteiger charge is 2.14. The lowest BCUT2D eigenvalue weighted by Gasteiger charge is -2.32. The van der Waals surface area contributed by atoms with Gasteiger partial charge in [0.15, 0.2) is 0 Å². The summed E-state index contributed by atoms with van der Waals surface area (Å²) in [5.41, 5.74) is 2.86. The minimum absolute atomic E-state index is 0.0690. The third kappa shape index (κ3) is 3.97. The zero-order chi connectivity index (χ0) is 9.68. The number of piperazine rings is 1. The summed E-state index contributed by atoms with van der Waals surface area (Å²) in [5.74, 6) is 0.680. The van der Waals surface area contributed by atoms with Gasteiger partial charge in [0.2, 0.25) is 5.91 Å². The third-order valence-corrected chi connectivity index (χ3v) is 2.35. The lowest BCUT2D eigenvalue weighted by molar-refractivity contribution is -0.126. The van der Waals surface area contributed by atoms with Crippen LogP contribution in [-0.2, 0) is 4.79 Å². The van der Waals surface area contributed by atoms with Gasteiger partial charge in [-0.2, -0.15) is 12.6 Å². The number of nitrogens with zero attached hydrogens (tertiary/aromatic N) is 2. The first-order valence-electron chi connectivity index (χ1n) is 4.56. The molecule has 0 bridgehead atoms. The molecule has 1 amide bonds. The van der Waals surface area contributed by atoms with Crippen molar-refractivity contribution in [1.82, 2.24) is 15.3 Å². The summed E-state index contributed by atoms with van der Waals surface area (Å²) in [4.78, 5) is 13.4. The van der Waals surface area contributed by atoms with Crippen molar-refractivity contribution in [1.29, 1.82) is 0 Å². The van der Waals surface area contributed by atoms with Crippen molar-refractivity contribution in [2.75, 3.05) is 39.0 Å². The number of carbonyl (C=O) groups excluding carboxylic acids is 1. The molecule has 1 aliphatic rings. The van der Waals surface area contributed by atoms with Gasteiger partial charge in [-0.25, -0.2) is 5.01 Å². The van der Waals surface area contributed by atoms with Gasteiger partial charge >= 0.3 is 0 Å². The molecule has 1 saturated heterocycles. The van der Waals surface area contributed by atoms with Gasteiger partial charge in [-0.15, -0.1) is 0 Å². The van der Waals surface area contributed by atoms with E-state index in [1.807, 2.05) is 5.01 Å². The van der Waals surface area contributed by atoms with Crippen LogP contribution in [0.5, 0.6) is 0 Å². The Bertz CT molecular complexity index is 169. The number of hydrogen-bond acceptors (Lipinski definition) is 4. The summed E-state index contributed by atoms with van der Waals surface area (Å²) in [7, 11) is 2.09. The van der Waals surface area contributed by atoms with Crippen LogP contribution in [0.25, 0.3) is 0 Å². The van der Waals surface area contributed by atoms with Crippen LogP contribution in [0, 0.1) is 0 Å². The molecule has 13 heavy (non-hydrogen) atoms. The molecule has 1 N–H and O–H groups in total. The zero-order valence-corrected chi connectivity index (χ0v) is 8.89. The molecule has 0 radical (unpaired) electrons. The molecule has 0 saturated carbocycles. The van der Waals surface area contributed by atoms with Crippen LogP contribution in [0.2, 0.25) is 0 Å². The van der Waals surface area contributed by atoms with Gasteiger partial charge in [0.1, 0.15) is 0 Å². The summed E-state index contributed by atoms with van der Waals surface area (Å²) in [6, 6.07) is 0. The van der Waals surface area contributed by atoms with Crippen molar-refractivity contribution in [3.8, 4) is 0 Å². The lowest BCUT2D eigenvalue weighted by atomic mass is 10.4. The van der Waals surface area contributed by atoms with Crippen molar-refractivity contribution >= 4 is 18.5 Å². The summed E-state index contributed by atoms with van der Waals surface area (Å²) in [5, 5.41) is 1.98. The number of hydrogen-bond donors (Lipinski definition) is 2. The number of likely N-dealkylation sites (N-methyl/N-ethyl adjacent to an activating group) is 1. The summed E-state index contributed by atoms with van der Waals surface area (Å²) in [6.07, 6.45) is 0.495. The molecule has 1 aliphatic heterocycles. The Balaban J connectivity index is 2.18. The molecule has 1 fully saturated rings. The van der Waals surface area contributed by atoms with E-state index in [2.05, 4.69) is 30.0 Å². The molecule has 1 heterocycles. The number of carbonyl (C=O) groups is 1. The van der Waals surface area contributed by atoms with Crippen LogP contribution < -0.4 is 5.43 Å². The second-order valence-electron chi connectivity index (χ2n) is 3.30. The molecule has 0 unspecified atom stereocenters. The van der Waals surface area contributed by atoms with Crippen LogP contribution in [-0.4, -0.2) is 54.8 Å². The highest BCUT2D eigenvalue weighted by atomic mass is 32.1.